The van der Waals surface area contributed by atoms with Gasteiger partial charge < -0.3 is 4.74 Å². The number of nitrogens with one attached hydrogen (secondary N) is 3. The van der Waals surface area contributed by atoms with E-state index in [2.05, 4.69) is 22.7 Å². The molecule has 3 N–H and O–H groups in total. The Morgan fingerprint density at radius 2 is 1.71 bits per heavy atom. The number of hydrogen-bond donors (Lipinski definition) is 3. The van der Waals surface area contributed by atoms with Gasteiger partial charge in [-0.2, -0.15) is 0 Å². The molecule has 3 aromatic carbocycles. The standard InChI is InChI=1S/C24H21N3O3S/c1-2-16-30-20-13-10-19(11-14-20)23(29)26-27-24(31)25-22(28)15-12-18-8-5-7-17-6-3-4-9-21(17)18/h2-15H,1,16H2,(H,26,29)(H2,25,27,28,31)/b15-12+. The zero-order chi connectivity index (χ0) is 22.1. The van der Waals surface area contributed by atoms with Crippen LogP contribution in [0, 0.1) is 0 Å². The molecule has 0 aromatic heterocycles. The molecule has 3 aromatic rings. The first kappa shape index (κ1) is 21.7. The van der Waals surface area contributed by atoms with Crippen LogP contribution in [0.3, 0.4) is 0 Å². The topological polar surface area (TPSA) is 79.5 Å². The van der Waals surface area contributed by atoms with Crippen molar-refractivity contribution in [1.82, 2.24) is 16.2 Å². The fraction of sp³-hybridized carbons (Fsp3) is 0.0417. The number of rotatable bonds is 6. The molecule has 0 radical (unpaired) electrons. The Morgan fingerprint density at radius 1 is 0.968 bits per heavy atom. The van der Waals surface area contributed by atoms with Gasteiger partial charge in [-0.25, -0.2) is 0 Å². The maximum atomic E-state index is 12.2. The molecule has 0 saturated carbocycles. The van der Waals surface area contributed by atoms with Crippen molar-refractivity contribution in [3.8, 4) is 5.75 Å². The van der Waals surface area contributed by atoms with Crippen molar-refractivity contribution < 1.29 is 14.3 Å². The average molecular weight is 432 g/mol. The van der Waals surface area contributed by atoms with E-state index in [0.717, 1.165) is 16.3 Å². The molecule has 0 atom stereocenters. The molecule has 3 rings (SSSR count). The number of benzene rings is 3. The lowest BCUT2D eigenvalue weighted by Gasteiger charge is -2.10. The molecule has 0 aliphatic rings. The third kappa shape index (κ3) is 6.25. The van der Waals surface area contributed by atoms with Crippen molar-refractivity contribution in [3.05, 3.63) is 96.6 Å². The van der Waals surface area contributed by atoms with Crippen LogP contribution in [0.15, 0.2) is 85.5 Å². The van der Waals surface area contributed by atoms with Crippen LogP contribution in [0.5, 0.6) is 5.75 Å². The Morgan fingerprint density at radius 3 is 2.48 bits per heavy atom. The highest BCUT2D eigenvalue weighted by Crippen LogP contribution is 2.19. The smallest absolute Gasteiger partial charge is 0.269 e. The lowest BCUT2D eigenvalue weighted by Crippen LogP contribution is -2.48. The molecule has 0 aliphatic carbocycles. The average Bonchev–Trinajstić information content (AvgIpc) is 2.80. The van der Waals surface area contributed by atoms with Gasteiger partial charge in [0.15, 0.2) is 5.11 Å². The number of amides is 2. The van der Waals surface area contributed by atoms with E-state index in [-0.39, 0.29) is 5.11 Å². The Hall–Kier alpha value is -3.97. The van der Waals surface area contributed by atoms with Crippen LogP contribution >= 0.6 is 12.2 Å². The minimum atomic E-state index is -0.414. The molecule has 0 spiro atoms. The first-order valence-corrected chi connectivity index (χ1v) is 9.88. The summed E-state index contributed by atoms with van der Waals surface area (Å²) in [6.45, 7) is 3.96. The van der Waals surface area contributed by atoms with Crippen LogP contribution in [0.1, 0.15) is 15.9 Å². The zero-order valence-electron chi connectivity index (χ0n) is 16.6. The number of carbonyl (C=O) groups is 2. The quantitative estimate of drug-likeness (QED) is 0.240. The van der Waals surface area contributed by atoms with E-state index in [0.29, 0.717) is 17.9 Å². The van der Waals surface area contributed by atoms with Crippen molar-refractivity contribution in [3.63, 3.8) is 0 Å². The summed E-state index contributed by atoms with van der Waals surface area (Å²) in [5, 5.41) is 4.60. The zero-order valence-corrected chi connectivity index (χ0v) is 17.4. The van der Waals surface area contributed by atoms with Crippen LogP contribution in [0.4, 0.5) is 0 Å². The molecule has 0 fully saturated rings. The fourth-order valence-corrected chi connectivity index (χ4v) is 2.94. The van der Waals surface area contributed by atoms with Gasteiger partial charge >= 0.3 is 0 Å². The number of ether oxygens (including phenoxy) is 1. The lowest BCUT2D eigenvalue weighted by atomic mass is 10.0. The number of hydrazine groups is 1. The predicted octanol–water partition coefficient (Wildman–Crippen LogP) is 3.75. The van der Waals surface area contributed by atoms with Crippen LogP contribution in [0.25, 0.3) is 16.8 Å². The van der Waals surface area contributed by atoms with E-state index in [9.17, 15) is 9.59 Å². The highest BCUT2D eigenvalue weighted by molar-refractivity contribution is 7.80. The summed E-state index contributed by atoms with van der Waals surface area (Å²) < 4.78 is 5.37. The maximum Gasteiger partial charge on any atom is 0.269 e. The minimum Gasteiger partial charge on any atom is -0.490 e. The van der Waals surface area contributed by atoms with Crippen molar-refractivity contribution in [2.45, 2.75) is 0 Å². The van der Waals surface area contributed by atoms with Gasteiger partial charge in [0.2, 0.25) is 5.91 Å². The number of hydrogen-bond acceptors (Lipinski definition) is 4. The molecule has 156 valence electrons. The number of thiocarbonyl (C=S) groups is 1. The highest BCUT2D eigenvalue weighted by Gasteiger charge is 2.07. The molecule has 0 unspecified atom stereocenters. The van der Waals surface area contributed by atoms with Crippen molar-refractivity contribution in [2.75, 3.05) is 6.61 Å². The summed E-state index contributed by atoms with van der Waals surface area (Å²) in [4.78, 5) is 24.3. The Bertz CT molecular complexity index is 1140. The third-order valence-electron chi connectivity index (χ3n) is 4.25. The van der Waals surface area contributed by atoms with Gasteiger partial charge in [-0.15, -0.1) is 0 Å². The van der Waals surface area contributed by atoms with Crippen LogP contribution in [0.2, 0.25) is 0 Å². The maximum absolute atomic E-state index is 12.2. The monoisotopic (exact) mass is 431 g/mol. The molecule has 0 heterocycles. The Kier molecular flexibility index (Phi) is 7.50. The first-order chi connectivity index (χ1) is 15.1. The van der Waals surface area contributed by atoms with Gasteiger partial charge in [-0.05, 0) is 58.9 Å². The van der Waals surface area contributed by atoms with Gasteiger partial charge in [0.25, 0.3) is 5.91 Å². The van der Waals surface area contributed by atoms with E-state index >= 15 is 0 Å². The number of carbonyl (C=O) groups excluding carboxylic acids is 2. The summed E-state index contributed by atoms with van der Waals surface area (Å²) in [6, 6.07) is 20.4. The van der Waals surface area contributed by atoms with E-state index in [1.165, 1.54) is 6.08 Å². The molecular weight excluding hydrogens is 410 g/mol. The molecule has 0 bridgehead atoms. The lowest BCUT2D eigenvalue weighted by molar-refractivity contribution is -0.115. The minimum absolute atomic E-state index is 0.0214. The number of fused-ring (bicyclic) bond motifs is 1. The second-order valence-electron chi connectivity index (χ2n) is 6.42. The van der Waals surface area contributed by atoms with Crippen molar-refractivity contribution >= 4 is 46.0 Å². The Labute approximate surface area is 185 Å². The molecule has 31 heavy (non-hydrogen) atoms. The van der Waals surface area contributed by atoms with Gasteiger partial charge in [0, 0.05) is 11.6 Å². The fourth-order valence-electron chi connectivity index (χ4n) is 2.79. The van der Waals surface area contributed by atoms with Gasteiger partial charge in [-0.1, -0.05) is 55.1 Å². The summed E-state index contributed by atoms with van der Waals surface area (Å²) in [5.74, 6) is -0.188. The second kappa shape index (κ2) is 10.7. The summed E-state index contributed by atoms with van der Waals surface area (Å²) in [6.07, 6.45) is 4.74. The first-order valence-electron chi connectivity index (χ1n) is 9.48. The van der Waals surface area contributed by atoms with E-state index in [1.807, 2.05) is 42.5 Å². The highest BCUT2D eigenvalue weighted by atomic mass is 32.1. The SMILES string of the molecule is C=CCOc1ccc(C(=O)NNC(=S)NC(=O)/C=C/c2cccc3ccccc23)cc1. The molecule has 7 heteroatoms. The van der Waals surface area contributed by atoms with Crippen molar-refractivity contribution in [1.29, 1.82) is 0 Å². The summed E-state index contributed by atoms with van der Waals surface area (Å²) in [7, 11) is 0. The third-order valence-corrected chi connectivity index (χ3v) is 4.45. The molecule has 6 nitrogen and oxygen atoms in total. The van der Waals surface area contributed by atoms with E-state index in [1.54, 1.807) is 36.4 Å². The van der Waals surface area contributed by atoms with Crippen LogP contribution in [-0.2, 0) is 4.79 Å². The Balaban J connectivity index is 1.49. The predicted molar refractivity (Wildman–Crippen MR) is 126 cm³/mol. The summed E-state index contributed by atoms with van der Waals surface area (Å²) >= 11 is 5.05. The summed E-state index contributed by atoms with van der Waals surface area (Å²) in [5.41, 5.74) is 6.27. The van der Waals surface area contributed by atoms with Gasteiger partial charge in [0.05, 0.1) is 0 Å². The molecule has 0 aliphatic heterocycles. The van der Waals surface area contributed by atoms with Crippen LogP contribution in [-0.4, -0.2) is 23.5 Å². The largest absolute Gasteiger partial charge is 0.490 e. The molecule has 2 amide bonds. The molecular formula is C24H21N3O3S. The van der Waals surface area contributed by atoms with Crippen molar-refractivity contribution in [2.24, 2.45) is 0 Å². The van der Waals surface area contributed by atoms with Gasteiger partial charge in [-0.3, -0.25) is 25.8 Å². The van der Waals surface area contributed by atoms with E-state index < -0.39 is 11.8 Å². The second-order valence-corrected chi connectivity index (χ2v) is 6.83. The van der Waals surface area contributed by atoms with Gasteiger partial charge in [0.1, 0.15) is 12.4 Å². The normalized spacial score (nSPS) is 10.5. The van der Waals surface area contributed by atoms with Crippen LogP contribution < -0.4 is 20.9 Å². The molecule has 0 saturated heterocycles. The van der Waals surface area contributed by atoms with E-state index in [4.69, 9.17) is 17.0 Å².